The number of H-pyrrole nitrogens is 1. The van der Waals surface area contributed by atoms with Crippen LogP contribution in [0.25, 0.3) is 0 Å². The number of aromatic amines is 1. The minimum Gasteiger partial charge on any atom is -0.378 e. The molecule has 2 rings (SSSR count). The number of carbonyl (C=O) groups is 1. The number of ether oxygens (including phenoxy) is 1. The van der Waals surface area contributed by atoms with Gasteiger partial charge in [-0.2, -0.15) is 5.21 Å². The molecular formula is C12H21N5O2. The van der Waals surface area contributed by atoms with Gasteiger partial charge < -0.3 is 10.1 Å². The van der Waals surface area contributed by atoms with Gasteiger partial charge in [0.1, 0.15) is 0 Å². The Hall–Kier alpha value is -1.50. The third-order valence-corrected chi connectivity index (χ3v) is 3.27. The van der Waals surface area contributed by atoms with Gasteiger partial charge in [-0.25, -0.2) is 0 Å². The molecular weight excluding hydrogens is 246 g/mol. The van der Waals surface area contributed by atoms with Crippen LogP contribution in [0.5, 0.6) is 0 Å². The van der Waals surface area contributed by atoms with E-state index in [1.165, 1.54) is 0 Å². The van der Waals surface area contributed by atoms with Crippen molar-refractivity contribution in [3.63, 3.8) is 0 Å². The van der Waals surface area contributed by atoms with E-state index in [-0.39, 0.29) is 18.1 Å². The maximum Gasteiger partial charge on any atom is 0.223 e. The fourth-order valence-corrected chi connectivity index (χ4v) is 2.30. The Morgan fingerprint density at radius 1 is 1.58 bits per heavy atom. The molecule has 0 spiro atoms. The van der Waals surface area contributed by atoms with Crippen LogP contribution in [0.1, 0.15) is 57.3 Å². The lowest BCUT2D eigenvalue weighted by atomic mass is 10.1. The van der Waals surface area contributed by atoms with Crippen molar-refractivity contribution in [3.05, 3.63) is 5.82 Å². The van der Waals surface area contributed by atoms with Crippen molar-refractivity contribution >= 4 is 5.91 Å². The molecule has 1 aromatic rings. The molecule has 2 heterocycles. The number of hydrogen-bond acceptors (Lipinski definition) is 5. The molecule has 2 N–H and O–H groups in total. The molecule has 0 radical (unpaired) electrons. The summed E-state index contributed by atoms with van der Waals surface area (Å²) >= 11 is 0. The third-order valence-electron chi connectivity index (χ3n) is 3.27. The van der Waals surface area contributed by atoms with Crippen LogP contribution in [0.15, 0.2) is 0 Å². The third kappa shape index (κ3) is 4.27. The maximum absolute atomic E-state index is 12.0. The van der Waals surface area contributed by atoms with Gasteiger partial charge in [0.25, 0.3) is 0 Å². The second-order valence-corrected chi connectivity index (χ2v) is 4.87. The first-order valence-electron chi connectivity index (χ1n) is 6.94. The molecule has 1 aromatic heterocycles. The number of carbonyl (C=O) groups excluding carboxylic acids is 1. The Labute approximate surface area is 112 Å². The average molecular weight is 267 g/mol. The highest BCUT2D eigenvalue weighted by molar-refractivity contribution is 5.76. The van der Waals surface area contributed by atoms with Gasteiger partial charge in [0.05, 0.1) is 18.6 Å². The van der Waals surface area contributed by atoms with Gasteiger partial charge in [0, 0.05) is 6.61 Å². The van der Waals surface area contributed by atoms with Crippen LogP contribution >= 0.6 is 0 Å². The van der Waals surface area contributed by atoms with Gasteiger partial charge in [-0.3, -0.25) is 4.79 Å². The van der Waals surface area contributed by atoms with Crippen LogP contribution < -0.4 is 5.32 Å². The van der Waals surface area contributed by atoms with Crippen LogP contribution in [0, 0.1) is 0 Å². The highest BCUT2D eigenvalue weighted by atomic mass is 16.5. The van der Waals surface area contributed by atoms with E-state index in [0.717, 1.165) is 38.7 Å². The summed E-state index contributed by atoms with van der Waals surface area (Å²) in [6.07, 6.45) is 5.42. The molecule has 0 aromatic carbocycles. The van der Waals surface area contributed by atoms with Crippen molar-refractivity contribution in [2.45, 2.75) is 57.6 Å². The monoisotopic (exact) mass is 267 g/mol. The maximum atomic E-state index is 12.0. The zero-order valence-electron chi connectivity index (χ0n) is 11.3. The van der Waals surface area contributed by atoms with E-state index >= 15 is 0 Å². The summed E-state index contributed by atoms with van der Waals surface area (Å²) in [7, 11) is 0. The summed E-state index contributed by atoms with van der Waals surface area (Å²) in [6.45, 7) is 2.82. The highest BCUT2D eigenvalue weighted by Gasteiger charge is 2.22. The Morgan fingerprint density at radius 2 is 2.47 bits per heavy atom. The summed E-state index contributed by atoms with van der Waals surface area (Å²) in [5.41, 5.74) is 0. The van der Waals surface area contributed by atoms with Crippen LogP contribution in [0.3, 0.4) is 0 Å². The fraction of sp³-hybridized carbons (Fsp3) is 0.833. The molecule has 0 saturated carbocycles. The van der Waals surface area contributed by atoms with Crippen LogP contribution in [-0.4, -0.2) is 39.2 Å². The zero-order chi connectivity index (χ0) is 13.5. The Morgan fingerprint density at radius 3 is 3.11 bits per heavy atom. The molecule has 1 saturated heterocycles. The molecule has 0 bridgehead atoms. The number of nitrogens with one attached hydrogen (secondary N) is 2. The molecule has 1 amide bonds. The van der Waals surface area contributed by atoms with Crippen molar-refractivity contribution in [2.24, 2.45) is 0 Å². The van der Waals surface area contributed by atoms with Gasteiger partial charge >= 0.3 is 0 Å². The normalized spacial score (nSPS) is 21.0. The summed E-state index contributed by atoms with van der Waals surface area (Å²) < 4.78 is 5.57. The molecule has 1 aliphatic rings. The minimum absolute atomic E-state index is 0.00449. The van der Waals surface area contributed by atoms with Gasteiger partial charge in [-0.05, 0) is 25.7 Å². The predicted octanol–water partition coefficient (Wildman–Crippen LogP) is 1.12. The number of hydrogen-bond donors (Lipinski definition) is 2. The Balaban J connectivity index is 1.84. The molecule has 0 aliphatic carbocycles. The molecule has 7 heteroatoms. The lowest BCUT2D eigenvalue weighted by Gasteiger charge is -2.23. The van der Waals surface area contributed by atoms with Crippen molar-refractivity contribution in [2.75, 3.05) is 6.61 Å². The van der Waals surface area contributed by atoms with Crippen molar-refractivity contribution in [1.29, 1.82) is 0 Å². The molecule has 0 unspecified atom stereocenters. The second-order valence-electron chi connectivity index (χ2n) is 4.87. The summed E-state index contributed by atoms with van der Waals surface area (Å²) in [6, 6.07) is -0.167. The number of aromatic nitrogens is 4. The predicted molar refractivity (Wildman–Crippen MR) is 68.2 cm³/mol. The Bertz CT molecular complexity index is 375. The standard InChI is InChI=1S/C12H21N5O2/c1-2-5-10(12-14-16-17-15-12)13-11(18)8-9-6-3-4-7-19-9/h9-10H,2-8H2,1H3,(H,13,18)(H,14,15,16,17)/t9-,10-/m0/s1. The van der Waals surface area contributed by atoms with E-state index in [4.69, 9.17) is 4.74 Å². The first-order chi connectivity index (χ1) is 9.29. The summed E-state index contributed by atoms with van der Waals surface area (Å²) in [4.78, 5) is 12.0. The van der Waals surface area contributed by atoms with E-state index in [9.17, 15) is 4.79 Å². The largest absolute Gasteiger partial charge is 0.378 e. The fourth-order valence-electron chi connectivity index (χ4n) is 2.30. The second kappa shape index (κ2) is 7.18. The summed E-state index contributed by atoms with van der Waals surface area (Å²) in [5, 5.41) is 16.8. The highest BCUT2D eigenvalue weighted by Crippen LogP contribution is 2.17. The van der Waals surface area contributed by atoms with Crippen LogP contribution in [0.2, 0.25) is 0 Å². The number of tetrazole rings is 1. The quantitative estimate of drug-likeness (QED) is 0.805. The van der Waals surface area contributed by atoms with E-state index in [1.807, 2.05) is 0 Å². The van der Waals surface area contributed by atoms with Gasteiger partial charge in [-0.15, -0.1) is 10.2 Å². The van der Waals surface area contributed by atoms with Crippen molar-refractivity contribution in [1.82, 2.24) is 25.9 Å². The lowest BCUT2D eigenvalue weighted by molar-refractivity contribution is -0.125. The first-order valence-corrected chi connectivity index (χ1v) is 6.94. The molecule has 1 fully saturated rings. The van der Waals surface area contributed by atoms with E-state index in [1.54, 1.807) is 0 Å². The number of nitrogens with zero attached hydrogens (tertiary/aromatic N) is 3. The molecule has 19 heavy (non-hydrogen) atoms. The van der Waals surface area contributed by atoms with Crippen molar-refractivity contribution < 1.29 is 9.53 Å². The lowest BCUT2D eigenvalue weighted by Crippen LogP contribution is -2.33. The number of amides is 1. The minimum atomic E-state index is -0.167. The van der Waals surface area contributed by atoms with E-state index in [2.05, 4.69) is 32.9 Å². The first kappa shape index (κ1) is 13.9. The topological polar surface area (TPSA) is 92.8 Å². The molecule has 1 aliphatic heterocycles. The average Bonchev–Trinajstić information content (AvgIpc) is 2.93. The van der Waals surface area contributed by atoms with Crippen LogP contribution in [-0.2, 0) is 9.53 Å². The molecule has 2 atom stereocenters. The van der Waals surface area contributed by atoms with Gasteiger partial charge in [-0.1, -0.05) is 18.6 Å². The molecule has 7 nitrogen and oxygen atoms in total. The summed E-state index contributed by atoms with van der Waals surface area (Å²) in [5.74, 6) is 0.537. The van der Waals surface area contributed by atoms with E-state index in [0.29, 0.717) is 12.2 Å². The number of rotatable bonds is 6. The van der Waals surface area contributed by atoms with Gasteiger partial charge in [0.15, 0.2) is 5.82 Å². The Kier molecular flexibility index (Phi) is 5.26. The smallest absolute Gasteiger partial charge is 0.223 e. The van der Waals surface area contributed by atoms with E-state index < -0.39 is 0 Å². The van der Waals surface area contributed by atoms with Gasteiger partial charge in [0.2, 0.25) is 5.91 Å². The van der Waals surface area contributed by atoms with Crippen LogP contribution in [0.4, 0.5) is 0 Å². The SMILES string of the molecule is CCC[C@H](NC(=O)C[C@@H]1CCCCO1)c1nn[nH]n1. The van der Waals surface area contributed by atoms with Crippen molar-refractivity contribution in [3.8, 4) is 0 Å². The molecule has 106 valence electrons. The zero-order valence-corrected chi connectivity index (χ0v) is 11.3.